The van der Waals surface area contributed by atoms with E-state index in [1.807, 2.05) is 0 Å². The van der Waals surface area contributed by atoms with Crippen LogP contribution in [-0.2, 0) is 19.4 Å². The van der Waals surface area contributed by atoms with Gasteiger partial charge < -0.3 is 4.74 Å². The smallest absolute Gasteiger partial charge is 0.324 e. The van der Waals surface area contributed by atoms with E-state index in [2.05, 4.69) is 0 Å². The Bertz CT molecular complexity index is 525. The summed E-state index contributed by atoms with van der Waals surface area (Å²) in [6.45, 7) is 3.42. The van der Waals surface area contributed by atoms with Gasteiger partial charge in [-0.1, -0.05) is 24.6 Å². The SMILES string of the molecule is CCOC(=O)C(CC)S(=O)(=O)c1cccc(Cl)c1. The fourth-order valence-electron chi connectivity index (χ4n) is 1.56. The quantitative estimate of drug-likeness (QED) is 0.782. The number of halogens is 1. The monoisotopic (exact) mass is 290 g/mol. The molecule has 1 aromatic rings. The van der Waals surface area contributed by atoms with E-state index in [-0.39, 0.29) is 17.9 Å². The Morgan fingerprint density at radius 3 is 2.56 bits per heavy atom. The highest BCUT2D eigenvalue weighted by molar-refractivity contribution is 7.92. The van der Waals surface area contributed by atoms with Crippen LogP contribution in [0.15, 0.2) is 29.2 Å². The normalized spacial score (nSPS) is 13.1. The molecule has 1 rings (SSSR count). The molecule has 0 spiro atoms. The third-order valence-corrected chi connectivity index (χ3v) is 4.84. The van der Waals surface area contributed by atoms with Crippen LogP contribution in [0.4, 0.5) is 0 Å². The van der Waals surface area contributed by atoms with E-state index < -0.39 is 21.1 Å². The minimum absolute atomic E-state index is 0.0369. The van der Waals surface area contributed by atoms with E-state index in [4.69, 9.17) is 16.3 Å². The molecule has 0 aliphatic heterocycles. The third-order valence-electron chi connectivity index (χ3n) is 2.42. The second-order valence-electron chi connectivity index (χ2n) is 3.65. The van der Waals surface area contributed by atoms with Crippen LogP contribution in [0.5, 0.6) is 0 Å². The number of ether oxygens (including phenoxy) is 1. The number of hydrogen-bond acceptors (Lipinski definition) is 4. The first-order valence-corrected chi connectivity index (χ1v) is 7.52. The summed E-state index contributed by atoms with van der Waals surface area (Å²) in [5, 5.41) is -0.870. The van der Waals surface area contributed by atoms with Crippen molar-refractivity contribution in [3.8, 4) is 0 Å². The van der Waals surface area contributed by atoms with Gasteiger partial charge in [0.1, 0.15) is 0 Å². The molecule has 1 aromatic carbocycles. The van der Waals surface area contributed by atoms with Crippen molar-refractivity contribution in [2.45, 2.75) is 30.4 Å². The molecule has 0 aliphatic carbocycles. The molecule has 0 N–H and O–H groups in total. The molecule has 6 heteroatoms. The van der Waals surface area contributed by atoms with Crippen molar-refractivity contribution in [2.75, 3.05) is 6.61 Å². The zero-order valence-electron chi connectivity index (χ0n) is 10.2. The zero-order valence-corrected chi connectivity index (χ0v) is 11.8. The van der Waals surface area contributed by atoms with Crippen LogP contribution < -0.4 is 0 Å². The van der Waals surface area contributed by atoms with Gasteiger partial charge >= 0.3 is 5.97 Å². The second kappa shape index (κ2) is 6.20. The average molecular weight is 291 g/mol. The van der Waals surface area contributed by atoms with Crippen LogP contribution >= 0.6 is 11.6 Å². The number of esters is 1. The largest absolute Gasteiger partial charge is 0.465 e. The molecule has 0 saturated carbocycles. The number of sulfone groups is 1. The summed E-state index contributed by atoms with van der Waals surface area (Å²) in [5.74, 6) is -0.722. The second-order valence-corrected chi connectivity index (χ2v) is 6.22. The lowest BCUT2D eigenvalue weighted by Crippen LogP contribution is -2.31. The number of rotatable bonds is 5. The summed E-state index contributed by atoms with van der Waals surface area (Å²) in [6, 6.07) is 5.86. The Morgan fingerprint density at radius 2 is 2.06 bits per heavy atom. The van der Waals surface area contributed by atoms with Crippen molar-refractivity contribution in [1.82, 2.24) is 0 Å². The van der Waals surface area contributed by atoms with Crippen LogP contribution in [0.1, 0.15) is 20.3 Å². The lowest BCUT2D eigenvalue weighted by atomic mass is 10.3. The molecule has 4 nitrogen and oxygen atoms in total. The zero-order chi connectivity index (χ0) is 13.8. The van der Waals surface area contributed by atoms with Crippen LogP contribution in [0.25, 0.3) is 0 Å². The van der Waals surface area contributed by atoms with Crippen LogP contribution in [0, 0.1) is 0 Å². The van der Waals surface area contributed by atoms with Crippen molar-refractivity contribution in [1.29, 1.82) is 0 Å². The van der Waals surface area contributed by atoms with Crippen LogP contribution in [-0.4, -0.2) is 26.2 Å². The highest BCUT2D eigenvalue weighted by Gasteiger charge is 2.33. The number of benzene rings is 1. The minimum Gasteiger partial charge on any atom is -0.465 e. The summed E-state index contributed by atoms with van der Waals surface area (Å²) >= 11 is 5.76. The van der Waals surface area contributed by atoms with Gasteiger partial charge in [0.25, 0.3) is 0 Å². The van der Waals surface area contributed by atoms with Gasteiger partial charge in [0.05, 0.1) is 11.5 Å². The van der Waals surface area contributed by atoms with E-state index in [0.29, 0.717) is 5.02 Å². The van der Waals surface area contributed by atoms with Gasteiger partial charge in [-0.2, -0.15) is 0 Å². The molecule has 1 atom stereocenters. The maximum atomic E-state index is 12.3. The first-order valence-electron chi connectivity index (χ1n) is 5.59. The molecule has 1 unspecified atom stereocenters. The Labute approximate surface area is 112 Å². The predicted molar refractivity (Wildman–Crippen MR) is 69.3 cm³/mol. The van der Waals surface area contributed by atoms with Crippen molar-refractivity contribution in [2.24, 2.45) is 0 Å². The van der Waals surface area contributed by atoms with Crippen LogP contribution in [0.2, 0.25) is 5.02 Å². The molecular weight excluding hydrogens is 276 g/mol. The average Bonchev–Trinajstić information content (AvgIpc) is 2.30. The van der Waals surface area contributed by atoms with E-state index in [0.717, 1.165) is 0 Å². The molecule has 0 bridgehead atoms. The van der Waals surface area contributed by atoms with Gasteiger partial charge in [0.15, 0.2) is 15.1 Å². The molecule has 0 aliphatic rings. The molecule has 18 heavy (non-hydrogen) atoms. The lowest BCUT2D eigenvalue weighted by molar-refractivity contribution is -0.142. The van der Waals surface area contributed by atoms with E-state index in [1.165, 1.54) is 18.2 Å². The molecule has 0 aromatic heterocycles. The molecule has 0 saturated heterocycles. The predicted octanol–water partition coefficient (Wildman–Crippen LogP) is 2.46. The van der Waals surface area contributed by atoms with Gasteiger partial charge in [-0.15, -0.1) is 0 Å². The maximum Gasteiger partial charge on any atom is 0.324 e. The van der Waals surface area contributed by atoms with E-state index in [9.17, 15) is 13.2 Å². The highest BCUT2D eigenvalue weighted by Crippen LogP contribution is 2.22. The fourth-order valence-corrected chi connectivity index (χ4v) is 3.46. The van der Waals surface area contributed by atoms with E-state index in [1.54, 1.807) is 19.9 Å². The van der Waals surface area contributed by atoms with Gasteiger partial charge in [-0.3, -0.25) is 4.79 Å². The molecule has 0 radical (unpaired) electrons. The highest BCUT2D eigenvalue weighted by atomic mass is 35.5. The van der Waals surface area contributed by atoms with Gasteiger partial charge in [-0.05, 0) is 31.5 Å². The molecule has 0 amide bonds. The molecule has 0 fully saturated rings. The maximum absolute atomic E-state index is 12.3. The fraction of sp³-hybridized carbons (Fsp3) is 0.417. The first kappa shape index (κ1) is 15.0. The molecule has 0 heterocycles. The first-order chi connectivity index (χ1) is 8.43. The summed E-state index contributed by atoms with van der Waals surface area (Å²) in [6.07, 6.45) is 0.160. The Kier molecular flexibility index (Phi) is 5.16. The van der Waals surface area contributed by atoms with Crippen LogP contribution in [0.3, 0.4) is 0 Å². The number of hydrogen-bond donors (Lipinski definition) is 0. The Morgan fingerprint density at radius 1 is 1.39 bits per heavy atom. The van der Waals surface area contributed by atoms with Gasteiger partial charge in [0.2, 0.25) is 0 Å². The lowest BCUT2D eigenvalue weighted by Gasteiger charge is -2.14. The van der Waals surface area contributed by atoms with Crippen molar-refractivity contribution >= 4 is 27.4 Å². The van der Waals surface area contributed by atoms with Crippen molar-refractivity contribution in [3.05, 3.63) is 29.3 Å². The Hall–Kier alpha value is -1.07. The summed E-state index contributed by atoms with van der Waals surface area (Å²) < 4.78 is 29.3. The van der Waals surface area contributed by atoms with Crippen molar-refractivity contribution < 1.29 is 17.9 Å². The number of carbonyl (C=O) groups excluding carboxylic acids is 1. The van der Waals surface area contributed by atoms with Gasteiger partial charge in [-0.25, -0.2) is 8.42 Å². The number of carbonyl (C=O) groups is 1. The summed E-state index contributed by atoms with van der Waals surface area (Å²) in [4.78, 5) is 11.7. The van der Waals surface area contributed by atoms with Gasteiger partial charge in [0, 0.05) is 5.02 Å². The standard InChI is InChI=1S/C12H15ClO4S/c1-3-11(12(14)17-4-2)18(15,16)10-7-5-6-9(13)8-10/h5-8,11H,3-4H2,1-2H3. The Balaban J connectivity index is 3.15. The van der Waals surface area contributed by atoms with Crippen molar-refractivity contribution in [3.63, 3.8) is 0 Å². The topological polar surface area (TPSA) is 60.4 Å². The molecule has 100 valence electrons. The minimum atomic E-state index is -3.75. The van der Waals surface area contributed by atoms with E-state index >= 15 is 0 Å². The molecular formula is C12H15ClO4S. The summed E-state index contributed by atoms with van der Waals surface area (Å²) in [7, 11) is -3.75. The third kappa shape index (κ3) is 3.23. The summed E-state index contributed by atoms with van der Waals surface area (Å²) in [5.41, 5.74) is 0.